The molecule has 0 aliphatic rings. The Balaban J connectivity index is 1.75. The monoisotopic (exact) mass is 526 g/mol. The Kier molecular flexibility index (Phi) is 9.00. The number of benzene rings is 4. The summed E-state index contributed by atoms with van der Waals surface area (Å²) in [4.78, 5) is 0. The van der Waals surface area contributed by atoms with Gasteiger partial charge in [-0.2, -0.15) is 0 Å². The number of rotatable bonds is 11. The Morgan fingerprint density at radius 2 is 1.21 bits per heavy atom. The van der Waals surface area contributed by atoms with Crippen molar-refractivity contribution in [3.63, 3.8) is 0 Å². The first-order valence-electron chi connectivity index (χ1n) is 12.7. The van der Waals surface area contributed by atoms with Crippen molar-refractivity contribution in [3.05, 3.63) is 107 Å². The molecule has 0 bridgehead atoms. The van der Waals surface area contributed by atoms with Gasteiger partial charge in [0.25, 0.3) is 0 Å². The molecule has 202 valence electrons. The first-order valence-corrected chi connectivity index (χ1v) is 12.7. The smallest absolute Gasteiger partial charge is 0.126 e. The van der Waals surface area contributed by atoms with Gasteiger partial charge in [0.1, 0.15) is 34.5 Å². The molecule has 0 radical (unpaired) electrons. The molecule has 2 N–H and O–H groups in total. The SMILES string of the molecule is COc1ccc(C(CCc2ccc(O)cc2OC)c2c(OC)cc(/C=C/c3ccc(O)cc3)cc2OC)cc1. The molecule has 1 atom stereocenters. The molecule has 0 saturated heterocycles. The van der Waals surface area contributed by atoms with E-state index in [-0.39, 0.29) is 17.4 Å². The van der Waals surface area contributed by atoms with Gasteiger partial charge in [0.2, 0.25) is 0 Å². The zero-order chi connectivity index (χ0) is 27.8. The van der Waals surface area contributed by atoms with Crippen LogP contribution in [-0.4, -0.2) is 38.7 Å². The van der Waals surface area contributed by atoms with E-state index < -0.39 is 0 Å². The lowest BCUT2D eigenvalue weighted by Crippen LogP contribution is -2.08. The van der Waals surface area contributed by atoms with E-state index >= 15 is 0 Å². The van der Waals surface area contributed by atoms with Crippen molar-refractivity contribution in [2.24, 2.45) is 0 Å². The van der Waals surface area contributed by atoms with Gasteiger partial charge in [0, 0.05) is 17.5 Å². The van der Waals surface area contributed by atoms with E-state index in [2.05, 4.69) is 12.1 Å². The highest BCUT2D eigenvalue weighted by molar-refractivity contribution is 5.72. The summed E-state index contributed by atoms with van der Waals surface area (Å²) in [6, 6.07) is 24.3. The molecule has 6 nitrogen and oxygen atoms in total. The van der Waals surface area contributed by atoms with Gasteiger partial charge in [0.15, 0.2) is 0 Å². The molecule has 6 heteroatoms. The molecule has 0 heterocycles. The minimum absolute atomic E-state index is 0.0607. The number of phenols is 2. The maximum atomic E-state index is 9.90. The van der Waals surface area contributed by atoms with Gasteiger partial charge in [-0.05, 0) is 77.6 Å². The number of phenolic OH excluding ortho intramolecular Hbond substituents is 2. The largest absolute Gasteiger partial charge is 0.508 e. The van der Waals surface area contributed by atoms with Gasteiger partial charge >= 0.3 is 0 Å². The Hall–Kier alpha value is -4.58. The Bertz CT molecular complexity index is 1380. The van der Waals surface area contributed by atoms with Gasteiger partial charge in [-0.15, -0.1) is 0 Å². The van der Waals surface area contributed by atoms with Crippen LogP contribution < -0.4 is 18.9 Å². The molecule has 0 aliphatic heterocycles. The van der Waals surface area contributed by atoms with Crippen molar-refractivity contribution in [1.29, 1.82) is 0 Å². The van der Waals surface area contributed by atoms with E-state index in [4.69, 9.17) is 18.9 Å². The average molecular weight is 527 g/mol. The number of hydrogen-bond donors (Lipinski definition) is 2. The second kappa shape index (κ2) is 12.8. The molecule has 0 aliphatic carbocycles. The summed E-state index contributed by atoms with van der Waals surface area (Å²) in [5.74, 6) is 3.21. The third-order valence-corrected chi connectivity index (χ3v) is 6.77. The molecule has 0 saturated carbocycles. The minimum atomic E-state index is -0.0607. The number of aryl methyl sites for hydroxylation is 1. The quantitative estimate of drug-likeness (QED) is 0.204. The summed E-state index contributed by atoms with van der Waals surface area (Å²) in [7, 11) is 6.59. The lowest BCUT2D eigenvalue weighted by Gasteiger charge is -2.24. The molecule has 1 unspecified atom stereocenters. The van der Waals surface area contributed by atoms with E-state index in [1.165, 1.54) is 0 Å². The maximum absolute atomic E-state index is 9.90. The molecule has 4 aromatic carbocycles. The molecular weight excluding hydrogens is 492 g/mol. The zero-order valence-electron chi connectivity index (χ0n) is 22.7. The Morgan fingerprint density at radius 3 is 1.79 bits per heavy atom. The van der Waals surface area contributed by atoms with E-state index in [0.717, 1.165) is 51.5 Å². The fourth-order valence-electron chi connectivity index (χ4n) is 4.73. The predicted octanol–water partition coefficient (Wildman–Crippen LogP) is 7.07. The van der Waals surface area contributed by atoms with Gasteiger partial charge in [0.05, 0.1) is 28.4 Å². The molecule has 39 heavy (non-hydrogen) atoms. The summed E-state index contributed by atoms with van der Waals surface area (Å²) in [5.41, 5.74) is 4.94. The van der Waals surface area contributed by atoms with Gasteiger partial charge in [-0.1, -0.05) is 42.5 Å². The molecule has 4 rings (SSSR count). The van der Waals surface area contributed by atoms with E-state index in [9.17, 15) is 10.2 Å². The van der Waals surface area contributed by atoms with E-state index in [0.29, 0.717) is 12.2 Å². The van der Waals surface area contributed by atoms with Crippen LogP contribution >= 0.6 is 0 Å². The molecule has 0 aromatic heterocycles. The summed E-state index contributed by atoms with van der Waals surface area (Å²) < 4.78 is 22.8. The fourth-order valence-corrected chi connectivity index (χ4v) is 4.73. The van der Waals surface area contributed by atoms with Crippen molar-refractivity contribution in [1.82, 2.24) is 0 Å². The minimum Gasteiger partial charge on any atom is -0.508 e. The predicted molar refractivity (Wildman–Crippen MR) is 154 cm³/mol. The van der Waals surface area contributed by atoms with Crippen LogP contribution in [-0.2, 0) is 6.42 Å². The number of methoxy groups -OCH3 is 4. The molecule has 0 amide bonds. The van der Waals surface area contributed by atoms with Crippen molar-refractivity contribution in [2.75, 3.05) is 28.4 Å². The van der Waals surface area contributed by atoms with Crippen LogP contribution in [0.3, 0.4) is 0 Å². The van der Waals surface area contributed by atoms with Crippen LogP contribution in [0.4, 0.5) is 0 Å². The zero-order valence-corrected chi connectivity index (χ0v) is 22.7. The van der Waals surface area contributed by atoms with Crippen LogP contribution in [0.15, 0.2) is 78.9 Å². The molecular formula is C33H34O6. The maximum Gasteiger partial charge on any atom is 0.126 e. The third-order valence-electron chi connectivity index (χ3n) is 6.77. The topological polar surface area (TPSA) is 77.4 Å². The second-order valence-corrected chi connectivity index (χ2v) is 9.12. The van der Waals surface area contributed by atoms with Gasteiger partial charge < -0.3 is 29.2 Å². The van der Waals surface area contributed by atoms with Crippen LogP contribution in [0.25, 0.3) is 12.2 Å². The summed E-state index contributed by atoms with van der Waals surface area (Å²) in [5, 5.41) is 19.5. The number of aromatic hydroxyl groups is 2. The number of ether oxygens (including phenoxy) is 4. The highest BCUT2D eigenvalue weighted by atomic mass is 16.5. The van der Waals surface area contributed by atoms with Gasteiger partial charge in [-0.25, -0.2) is 0 Å². The molecule has 0 fully saturated rings. The molecule has 4 aromatic rings. The normalized spacial score (nSPS) is 11.8. The summed E-state index contributed by atoms with van der Waals surface area (Å²) in [6.45, 7) is 0. The van der Waals surface area contributed by atoms with Crippen molar-refractivity contribution >= 4 is 12.2 Å². The first-order chi connectivity index (χ1) is 18.9. The fraction of sp³-hybridized carbons (Fsp3) is 0.212. The Morgan fingerprint density at radius 1 is 0.615 bits per heavy atom. The molecule has 0 spiro atoms. The van der Waals surface area contributed by atoms with E-state index in [1.54, 1.807) is 52.7 Å². The third kappa shape index (κ3) is 6.65. The lowest BCUT2D eigenvalue weighted by molar-refractivity contribution is 0.379. The van der Waals surface area contributed by atoms with Crippen LogP contribution in [0, 0.1) is 0 Å². The van der Waals surface area contributed by atoms with Crippen molar-refractivity contribution in [3.8, 4) is 34.5 Å². The lowest BCUT2D eigenvalue weighted by atomic mass is 9.84. The van der Waals surface area contributed by atoms with Crippen molar-refractivity contribution in [2.45, 2.75) is 18.8 Å². The average Bonchev–Trinajstić information content (AvgIpc) is 2.97. The van der Waals surface area contributed by atoms with Crippen LogP contribution in [0.1, 0.15) is 40.2 Å². The van der Waals surface area contributed by atoms with Crippen LogP contribution in [0.5, 0.6) is 34.5 Å². The number of hydrogen-bond acceptors (Lipinski definition) is 6. The highest BCUT2D eigenvalue weighted by Crippen LogP contribution is 2.43. The highest BCUT2D eigenvalue weighted by Gasteiger charge is 2.24. The van der Waals surface area contributed by atoms with Crippen LogP contribution in [0.2, 0.25) is 0 Å². The van der Waals surface area contributed by atoms with E-state index in [1.807, 2.05) is 54.6 Å². The second-order valence-electron chi connectivity index (χ2n) is 9.12. The van der Waals surface area contributed by atoms with Crippen molar-refractivity contribution < 1.29 is 29.2 Å². The standard InChI is InChI=1S/C33H34O6/c1-36-28-16-10-24(11-17-28)29(18-12-25-9-15-27(35)21-30(25)37-2)33-31(38-3)19-23(20-32(33)39-4)6-5-22-7-13-26(34)14-8-22/h5-11,13-17,19-21,29,34-35H,12,18H2,1-4H3/b6-5+. The van der Waals surface area contributed by atoms with Gasteiger partial charge in [-0.3, -0.25) is 0 Å². The first kappa shape index (κ1) is 27.5. The summed E-state index contributed by atoms with van der Waals surface area (Å²) >= 11 is 0. The Labute approximate surface area is 229 Å². The summed E-state index contributed by atoms with van der Waals surface area (Å²) in [6.07, 6.45) is 5.41.